The van der Waals surface area contributed by atoms with Crippen molar-refractivity contribution in [2.24, 2.45) is 0 Å². The predicted molar refractivity (Wildman–Crippen MR) is 52.3 cm³/mol. The molecule has 0 heterocycles. The van der Waals surface area contributed by atoms with Crippen LogP contribution in [0.4, 0.5) is 8.78 Å². The summed E-state index contributed by atoms with van der Waals surface area (Å²) in [5.41, 5.74) is 0.657. The van der Waals surface area contributed by atoms with Crippen molar-refractivity contribution in [1.29, 1.82) is 0 Å². The summed E-state index contributed by atoms with van der Waals surface area (Å²) in [6, 6.07) is 5.79. The van der Waals surface area contributed by atoms with Gasteiger partial charge in [-0.25, -0.2) is 0 Å². The van der Waals surface area contributed by atoms with E-state index in [1.165, 1.54) is 30.3 Å². The lowest BCUT2D eigenvalue weighted by molar-refractivity contribution is -0.0498. The zero-order valence-electron chi connectivity index (χ0n) is 7.68. The standard InChI is InChI=1S/C9H9BF2O3/c11-9(12)15-8-3-1-7(2-4-8)5-6-10(13)14/h1-6,9,13-14H/b6-5+. The van der Waals surface area contributed by atoms with Crippen LogP contribution < -0.4 is 4.74 Å². The van der Waals surface area contributed by atoms with Crippen molar-refractivity contribution in [2.75, 3.05) is 0 Å². The molecule has 0 fully saturated rings. The summed E-state index contributed by atoms with van der Waals surface area (Å²) in [7, 11) is -1.53. The van der Waals surface area contributed by atoms with E-state index in [0.717, 1.165) is 5.98 Å². The molecule has 0 bridgehead atoms. The Hall–Kier alpha value is -1.40. The van der Waals surface area contributed by atoms with Crippen LogP contribution >= 0.6 is 0 Å². The third kappa shape index (κ3) is 4.57. The first kappa shape index (κ1) is 11.7. The zero-order chi connectivity index (χ0) is 11.3. The average molecular weight is 214 g/mol. The zero-order valence-corrected chi connectivity index (χ0v) is 7.68. The predicted octanol–water partition coefficient (Wildman–Crippen LogP) is 1.31. The summed E-state index contributed by atoms with van der Waals surface area (Å²) in [6.45, 7) is -2.84. The van der Waals surface area contributed by atoms with E-state index in [4.69, 9.17) is 10.0 Å². The van der Waals surface area contributed by atoms with Gasteiger partial charge in [-0.2, -0.15) is 8.78 Å². The number of benzene rings is 1. The fourth-order valence-electron chi connectivity index (χ4n) is 0.958. The van der Waals surface area contributed by atoms with Gasteiger partial charge < -0.3 is 14.8 Å². The summed E-state index contributed by atoms with van der Waals surface area (Å²) < 4.78 is 27.7. The van der Waals surface area contributed by atoms with Crippen LogP contribution in [0.25, 0.3) is 6.08 Å². The molecular formula is C9H9BF2O3. The van der Waals surface area contributed by atoms with Crippen molar-refractivity contribution in [3.8, 4) is 5.75 Å². The van der Waals surface area contributed by atoms with Crippen LogP contribution in [0.15, 0.2) is 30.2 Å². The monoisotopic (exact) mass is 214 g/mol. The van der Waals surface area contributed by atoms with Gasteiger partial charge in [-0.05, 0) is 17.7 Å². The fourth-order valence-corrected chi connectivity index (χ4v) is 0.958. The van der Waals surface area contributed by atoms with E-state index >= 15 is 0 Å². The maximum absolute atomic E-state index is 11.8. The molecule has 6 heteroatoms. The van der Waals surface area contributed by atoms with Crippen molar-refractivity contribution in [2.45, 2.75) is 6.61 Å². The van der Waals surface area contributed by atoms with Crippen LogP contribution in [0.2, 0.25) is 0 Å². The second-order valence-corrected chi connectivity index (χ2v) is 2.72. The van der Waals surface area contributed by atoms with E-state index in [2.05, 4.69) is 4.74 Å². The highest BCUT2D eigenvalue weighted by atomic mass is 19.3. The lowest BCUT2D eigenvalue weighted by Crippen LogP contribution is -2.05. The van der Waals surface area contributed by atoms with Gasteiger partial charge in [0.1, 0.15) is 5.75 Å². The minimum Gasteiger partial charge on any atom is -0.435 e. The Balaban J connectivity index is 2.64. The molecule has 0 aliphatic carbocycles. The van der Waals surface area contributed by atoms with Crippen molar-refractivity contribution in [3.05, 3.63) is 35.8 Å². The number of alkyl halides is 2. The van der Waals surface area contributed by atoms with Gasteiger partial charge in [-0.3, -0.25) is 0 Å². The highest BCUT2D eigenvalue weighted by molar-refractivity contribution is 6.48. The second kappa shape index (κ2) is 5.48. The molecule has 0 aromatic heterocycles. The van der Waals surface area contributed by atoms with Crippen LogP contribution in [-0.4, -0.2) is 23.8 Å². The van der Waals surface area contributed by atoms with E-state index in [1.54, 1.807) is 0 Å². The maximum Gasteiger partial charge on any atom is 0.480 e. The topological polar surface area (TPSA) is 49.7 Å². The second-order valence-electron chi connectivity index (χ2n) is 2.72. The number of rotatable bonds is 4. The van der Waals surface area contributed by atoms with Crippen LogP contribution in [0.1, 0.15) is 5.56 Å². The van der Waals surface area contributed by atoms with E-state index in [0.29, 0.717) is 5.56 Å². The Morgan fingerprint density at radius 3 is 2.27 bits per heavy atom. The molecule has 0 saturated heterocycles. The van der Waals surface area contributed by atoms with Gasteiger partial charge in [0.2, 0.25) is 0 Å². The minimum atomic E-state index is -2.84. The number of hydrogen-bond donors (Lipinski definition) is 2. The highest BCUT2D eigenvalue weighted by Crippen LogP contribution is 2.15. The Labute approximate surface area is 85.8 Å². The van der Waals surface area contributed by atoms with Crippen LogP contribution in [-0.2, 0) is 0 Å². The van der Waals surface area contributed by atoms with Gasteiger partial charge in [-0.1, -0.05) is 24.2 Å². The summed E-state index contributed by atoms with van der Waals surface area (Å²) in [5, 5.41) is 17.1. The SMILES string of the molecule is OB(O)/C=C/c1ccc(OC(F)F)cc1. The van der Waals surface area contributed by atoms with Crippen LogP contribution in [0.3, 0.4) is 0 Å². The van der Waals surface area contributed by atoms with E-state index in [-0.39, 0.29) is 5.75 Å². The van der Waals surface area contributed by atoms with Crippen molar-refractivity contribution < 1.29 is 23.6 Å². The molecule has 3 nitrogen and oxygen atoms in total. The third-order valence-corrected chi connectivity index (χ3v) is 1.57. The summed E-state index contributed by atoms with van der Waals surface area (Å²) in [5.74, 6) is 1.22. The van der Waals surface area contributed by atoms with E-state index < -0.39 is 13.7 Å². The molecule has 80 valence electrons. The first-order valence-electron chi connectivity index (χ1n) is 4.17. The van der Waals surface area contributed by atoms with Crippen molar-refractivity contribution >= 4 is 13.2 Å². The number of ether oxygens (including phenoxy) is 1. The summed E-state index contributed by atoms with van der Waals surface area (Å²) >= 11 is 0. The Morgan fingerprint density at radius 2 is 1.80 bits per heavy atom. The molecule has 15 heavy (non-hydrogen) atoms. The first-order valence-corrected chi connectivity index (χ1v) is 4.17. The molecule has 0 atom stereocenters. The first-order chi connectivity index (χ1) is 7.08. The molecule has 0 saturated carbocycles. The Morgan fingerprint density at radius 1 is 1.20 bits per heavy atom. The van der Waals surface area contributed by atoms with Gasteiger partial charge in [0.05, 0.1) is 0 Å². The largest absolute Gasteiger partial charge is 0.480 e. The number of halogens is 2. The molecule has 0 aliphatic rings. The normalized spacial score (nSPS) is 11.0. The molecule has 0 aliphatic heterocycles. The summed E-state index contributed by atoms with van der Waals surface area (Å²) in [4.78, 5) is 0. The molecular weight excluding hydrogens is 205 g/mol. The quantitative estimate of drug-likeness (QED) is 0.743. The average Bonchev–Trinajstić information content (AvgIpc) is 2.16. The van der Waals surface area contributed by atoms with Gasteiger partial charge in [0.15, 0.2) is 0 Å². The van der Waals surface area contributed by atoms with E-state index in [1.807, 2.05) is 0 Å². The van der Waals surface area contributed by atoms with Gasteiger partial charge in [-0.15, -0.1) is 0 Å². The molecule has 0 amide bonds. The van der Waals surface area contributed by atoms with E-state index in [9.17, 15) is 8.78 Å². The molecule has 1 aromatic rings. The summed E-state index contributed by atoms with van der Waals surface area (Å²) in [6.07, 6.45) is 1.46. The Bertz CT molecular complexity index is 325. The Kier molecular flexibility index (Phi) is 4.26. The fraction of sp³-hybridized carbons (Fsp3) is 0.111. The smallest absolute Gasteiger partial charge is 0.435 e. The van der Waals surface area contributed by atoms with Crippen LogP contribution in [0, 0.1) is 0 Å². The molecule has 0 spiro atoms. The van der Waals surface area contributed by atoms with Gasteiger partial charge in [0.25, 0.3) is 0 Å². The number of hydrogen-bond acceptors (Lipinski definition) is 3. The van der Waals surface area contributed by atoms with Gasteiger partial charge >= 0.3 is 13.7 Å². The lowest BCUT2D eigenvalue weighted by atomic mass is 9.91. The molecule has 1 aromatic carbocycles. The van der Waals surface area contributed by atoms with Gasteiger partial charge in [0, 0.05) is 0 Å². The molecule has 2 N–H and O–H groups in total. The van der Waals surface area contributed by atoms with Crippen molar-refractivity contribution in [1.82, 2.24) is 0 Å². The minimum absolute atomic E-state index is 0.0618. The van der Waals surface area contributed by atoms with Crippen LogP contribution in [0.5, 0.6) is 5.75 Å². The molecule has 0 unspecified atom stereocenters. The molecule has 0 radical (unpaired) electrons. The lowest BCUT2D eigenvalue weighted by Gasteiger charge is -2.03. The highest BCUT2D eigenvalue weighted by Gasteiger charge is 2.03. The molecule has 1 rings (SSSR count). The van der Waals surface area contributed by atoms with Crippen molar-refractivity contribution in [3.63, 3.8) is 0 Å². The third-order valence-electron chi connectivity index (χ3n) is 1.57. The maximum atomic E-state index is 11.8.